The van der Waals surface area contributed by atoms with Crippen LogP contribution in [0.4, 0.5) is 0 Å². The maximum atomic E-state index is 11.2. The highest BCUT2D eigenvalue weighted by atomic mass is 16.5. The van der Waals surface area contributed by atoms with Crippen LogP contribution in [0.3, 0.4) is 0 Å². The summed E-state index contributed by atoms with van der Waals surface area (Å²) in [7, 11) is 0. The van der Waals surface area contributed by atoms with Crippen LogP contribution >= 0.6 is 0 Å². The first-order valence-electron chi connectivity index (χ1n) is 10.7. The monoisotopic (exact) mass is 412 g/mol. The molecule has 162 valence electrons. The summed E-state index contributed by atoms with van der Waals surface area (Å²) < 4.78 is 7.62. The summed E-state index contributed by atoms with van der Waals surface area (Å²) >= 11 is 0. The minimum Gasteiger partial charge on any atom is -0.388 e. The second kappa shape index (κ2) is 10.4. The largest absolute Gasteiger partial charge is 0.388 e. The number of aliphatic hydroxyl groups excluding tert-OH is 1. The van der Waals surface area contributed by atoms with Crippen LogP contribution in [0.15, 0.2) is 36.9 Å². The van der Waals surface area contributed by atoms with Crippen molar-refractivity contribution < 1.29 is 14.6 Å². The number of nitrogens with zero attached hydrogens (tertiary/aromatic N) is 2. The predicted octanol–water partition coefficient (Wildman–Crippen LogP) is 4.24. The third-order valence-corrected chi connectivity index (χ3v) is 5.48. The van der Waals surface area contributed by atoms with Crippen LogP contribution in [-0.2, 0) is 11.3 Å². The Hall–Kier alpha value is -2.64. The Bertz CT molecular complexity index is 962. The molecule has 2 aromatic heterocycles. The quantitative estimate of drug-likeness (QED) is 0.387. The molecule has 0 aliphatic rings. The average molecular weight is 413 g/mol. The first kappa shape index (κ1) is 22.1. The molecule has 3 aromatic rings. The van der Waals surface area contributed by atoms with Crippen molar-refractivity contribution in [1.29, 1.82) is 0 Å². The summed E-state index contributed by atoms with van der Waals surface area (Å²) in [6, 6.07) is 6.13. The second-order valence-corrected chi connectivity index (χ2v) is 7.91. The van der Waals surface area contributed by atoms with Crippen molar-refractivity contribution in [1.82, 2.24) is 14.5 Å². The van der Waals surface area contributed by atoms with Crippen LogP contribution < -0.4 is 5.73 Å². The summed E-state index contributed by atoms with van der Waals surface area (Å²) in [5.74, 6) is -0.557. The normalized spacial score (nSPS) is 13.6. The molecule has 30 heavy (non-hydrogen) atoms. The molecule has 1 amide bonds. The molecule has 4 N–H and O–H groups in total. The van der Waals surface area contributed by atoms with Gasteiger partial charge in [0.2, 0.25) is 0 Å². The van der Waals surface area contributed by atoms with Crippen molar-refractivity contribution in [2.45, 2.75) is 64.7 Å². The van der Waals surface area contributed by atoms with Gasteiger partial charge in [0.25, 0.3) is 5.91 Å². The predicted molar refractivity (Wildman–Crippen MR) is 117 cm³/mol. The van der Waals surface area contributed by atoms with E-state index >= 15 is 0 Å². The first-order valence-corrected chi connectivity index (χ1v) is 10.7. The number of hydrogen-bond acceptors (Lipinski definition) is 4. The summed E-state index contributed by atoms with van der Waals surface area (Å²) in [5.41, 5.74) is 8.44. The molecule has 1 aromatic carbocycles. The number of carbonyl (C=O) groups excluding carboxylic acids is 1. The highest BCUT2D eigenvalue weighted by Gasteiger charge is 2.18. The van der Waals surface area contributed by atoms with Gasteiger partial charge in [0.1, 0.15) is 5.69 Å². The summed E-state index contributed by atoms with van der Waals surface area (Å²) in [6.45, 7) is 5.52. The Morgan fingerprint density at radius 2 is 2.17 bits per heavy atom. The van der Waals surface area contributed by atoms with Crippen LogP contribution in [0.1, 0.15) is 79.7 Å². The summed E-state index contributed by atoms with van der Waals surface area (Å²) in [6.07, 6.45) is 9.65. The lowest BCUT2D eigenvalue weighted by molar-refractivity contribution is 0.0996. The molecule has 0 bridgehead atoms. The maximum Gasteiger partial charge on any atom is 0.268 e. The van der Waals surface area contributed by atoms with Gasteiger partial charge in [-0.15, -0.1) is 0 Å². The third-order valence-electron chi connectivity index (χ3n) is 5.48. The molecular weight excluding hydrogens is 380 g/mol. The van der Waals surface area contributed by atoms with Gasteiger partial charge in [-0.2, -0.15) is 0 Å². The number of rotatable bonds is 12. The molecule has 1 unspecified atom stereocenters. The fourth-order valence-corrected chi connectivity index (χ4v) is 3.65. The van der Waals surface area contributed by atoms with E-state index in [-0.39, 0.29) is 11.7 Å². The lowest BCUT2D eigenvalue weighted by Crippen LogP contribution is -2.12. The number of nitrogens with two attached hydrogens (primary N) is 1. The molecule has 7 nitrogen and oxygen atoms in total. The zero-order valence-corrected chi connectivity index (χ0v) is 17.8. The Labute approximate surface area is 177 Å². The average Bonchev–Trinajstić information content (AvgIpc) is 3.37. The number of benzene rings is 1. The van der Waals surface area contributed by atoms with E-state index in [0.717, 1.165) is 35.1 Å². The topological polar surface area (TPSA) is 106 Å². The molecule has 0 fully saturated rings. The lowest BCUT2D eigenvalue weighted by atomic mass is 10.0. The Morgan fingerprint density at radius 3 is 2.90 bits per heavy atom. The number of primary amides is 1. The minimum atomic E-state index is -0.654. The smallest absolute Gasteiger partial charge is 0.268 e. The van der Waals surface area contributed by atoms with Gasteiger partial charge in [-0.25, -0.2) is 4.98 Å². The molecule has 3 rings (SSSR count). The van der Waals surface area contributed by atoms with Crippen molar-refractivity contribution in [2.75, 3.05) is 6.61 Å². The van der Waals surface area contributed by atoms with Crippen molar-refractivity contribution in [3.8, 4) is 0 Å². The Kier molecular flexibility index (Phi) is 7.65. The van der Waals surface area contributed by atoms with Crippen molar-refractivity contribution in [2.24, 2.45) is 5.73 Å². The van der Waals surface area contributed by atoms with Gasteiger partial charge in [0.05, 0.1) is 19.0 Å². The fourth-order valence-electron chi connectivity index (χ4n) is 3.65. The molecule has 0 aliphatic carbocycles. The SMILES string of the molecule is CCCCCCOCc1ccc2[nH]cc([C@H](O)CC(C)n3cnc(C(N)=O)c3)c2c1. The van der Waals surface area contributed by atoms with Crippen LogP contribution in [-0.4, -0.2) is 32.2 Å². The number of H-pyrrole nitrogens is 1. The Balaban J connectivity index is 1.63. The molecule has 0 spiro atoms. The van der Waals surface area contributed by atoms with E-state index in [1.807, 2.05) is 19.2 Å². The van der Waals surface area contributed by atoms with Gasteiger partial charge in [0, 0.05) is 41.5 Å². The number of imidazole rings is 1. The number of aliphatic hydroxyl groups is 1. The van der Waals surface area contributed by atoms with E-state index in [1.54, 1.807) is 17.1 Å². The number of aromatic nitrogens is 3. The van der Waals surface area contributed by atoms with Gasteiger partial charge in [-0.05, 0) is 37.5 Å². The fraction of sp³-hybridized carbons (Fsp3) is 0.478. The molecule has 2 heterocycles. The number of hydrogen-bond donors (Lipinski definition) is 3. The standard InChI is InChI=1S/C23H32N4O3/c1-3-4-5-6-9-30-14-17-7-8-20-18(11-17)19(12-25-20)22(28)10-16(2)27-13-21(23(24)29)26-15-27/h7-8,11-13,15-16,22,25,28H,3-6,9-10,14H2,1-2H3,(H2,24,29)/t16?,22-/m1/s1. The van der Waals surface area contributed by atoms with Crippen LogP contribution in [0, 0.1) is 0 Å². The zero-order valence-electron chi connectivity index (χ0n) is 17.8. The number of carbonyl (C=O) groups is 1. The van der Waals surface area contributed by atoms with E-state index in [0.29, 0.717) is 13.0 Å². The van der Waals surface area contributed by atoms with E-state index in [9.17, 15) is 9.90 Å². The van der Waals surface area contributed by atoms with E-state index in [4.69, 9.17) is 10.5 Å². The van der Waals surface area contributed by atoms with E-state index in [1.165, 1.54) is 19.3 Å². The highest BCUT2D eigenvalue weighted by molar-refractivity contribution is 5.90. The second-order valence-electron chi connectivity index (χ2n) is 7.91. The molecule has 7 heteroatoms. The van der Waals surface area contributed by atoms with E-state index in [2.05, 4.69) is 29.0 Å². The van der Waals surface area contributed by atoms with Crippen LogP contribution in [0.2, 0.25) is 0 Å². The molecule has 0 aliphatic heterocycles. The number of amides is 1. The molecular formula is C23H32N4O3. The number of aromatic amines is 1. The number of ether oxygens (including phenoxy) is 1. The van der Waals surface area contributed by atoms with Crippen LogP contribution in [0.25, 0.3) is 10.9 Å². The van der Waals surface area contributed by atoms with Gasteiger partial charge in [0.15, 0.2) is 0 Å². The molecule has 0 radical (unpaired) electrons. The number of unbranched alkanes of at least 4 members (excludes halogenated alkanes) is 3. The van der Waals surface area contributed by atoms with Gasteiger partial charge in [-0.1, -0.05) is 32.3 Å². The van der Waals surface area contributed by atoms with Gasteiger partial charge in [-0.3, -0.25) is 4.79 Å². The third kappa shape index (κ3) is 5.49. The van der Waals surface area contributed by atoms with Crippen molar-refractivity contribution in [3.63, 3.8) is 0 Å². The van der Waals surface area contributed by atoms with E-state index < -0.39 is 12.0 Å². The zero-order chi connectivity index (χ0) is 21.5. The maximum absolute atomic E-state index is 11.2. The van der Waals surface area contributed by atoms with Crippen molar-refractivity contribution >= 4 is 16.8 Å². The van der Waals surface area contributed by atoms with Gasteiger partial charge >= 0.3 is 0 Å². The first-order chi connectivity index (χ1) is 14.5. The summed E-state index contributed by atoms with van der Waals surface area (Å²) in [4.78, 5) is 18.5. The molecule has 0 saturated carbocycles. The molecule has 0 saturated heterocycles. The van der Waals surface area contributed by atoms with Crippen LogP contribution in [0.5, 0.6) is 0 Å². The molecule has 2 atom stereocenters. The lowest BCUT2D eigenvalue weighted by Gasteiger charge is -2.17. The number of nitrogens with one attached hydrogen (secondary N) is 1. The van der Waals surface area contributed by atoms with Gasteiger partial charge < -0.3 is 25.1 Å². The van der Waals surface area contributed by atoms with Crippen molar-refractivity contribution in [3.05, 3.63) is 53.7 Å². The Morgan fingerprint density at radius 1 is 1.33 bits per heavy atom. The highest BCUT2D eigenvalue weighted by Crippen LogP contribution is 2.30. The summed E-state index contributed by atoms with van der Waals surface area (Å²) in [5, 5.41) is 11.9. The number of fused-ring (bicyclic) bond motifs is 1. The minimum absolute atomic E-state index is 0.0415.